The van der Waals surface area contributed by atoms with E-state index in [9.17, 15) is 4.79 Å². The molecule has 3 N–H and O–H groups in total. The summed E-state index contributed by atoms with van der Waals surface area (Å²) in [4.78, 5) is 16.7. The lowest BCUT2D eigenvalue weighted by Gasteiger charge is -2.18. The highest BCUT2D eigenvalue weighted by molar-refractivity contribution is 5.97. The molecule has 6 heteroatoms. The molecule has 0 bridgehead atoms. The van der Waals surface area contributed by atoms with E-state index in [1.54, 1.807) is 12.3 Å². The molecule has 22 heavy (non-hydrogen) atoms. The van der Waals surface area contributed by atoms with Crippen molar-refractivity contribution in [2.45, 2.75) is 31.8 Å². The zero-order valence-corrected chi connectivity index (χ0v) is 12.1. The Morgan fingerprint density at radius 3 is 3.09 bits per heavy atom. The van der Waals surface area contributed by atoms with Gasteiger partial charge >= 0.3 is 0 Å². The summed E-state index contributed by atoms with van der Waals surface area (Å²) in [6.07, 6.45) is 9.19. The molecule has 0 fully saturated rings. The number of anilines is 1. The van der Waals surface area contributed by atoms with Crippen LogP contribution in [0.4, 0.5) is 5.69 Å². The Bertz CT molecular complexity index is 686. The van der Waals surface area contributed by atoms with Crippen LogP contribution in [-0.2, 0) is 4.79 Å². The van der Waals surface area contributed by atoms with Gasteiger partial charge in [0.1, 0.15) is 11.8 Å². The van der Waals surface area contributed by atoms with Gasteiger partial charge < -0.3 is 16.0 Å². The number of nitrogens with one attached hydrogen (secondary N) is 3. The molecule has 2 heterocycles. The Balaban J connectivity index is 1.74. The van der Waals surface area contributed by atoms with E-state index in [-0.39, 0.29) is 5.91 Å². The Labute approximate surface area is 128 Å². The number of nitriles is 1. The lowest BCUT2D eigenvalue weighted by Crippen LogP contribution is -2.43. The van der Waals surface area contributed by atoms with Gasteiger partial charge in [-0.2, -0.15) is 5.26 Å². The molecule has 1 aliphatic carbocycles. The number of carbonyl (C=O) groups excluding carboxylic acids is 1. The predicted molar refractivity (Wildman–Crippen MR) is 83.1 cm³/mol. The van der Waals surface area contributed by atoms with Gasteiger partial charge in [-0.15, -0.1) is 0 Å². The lowest BCUT2D eigenvalue weighted by molar-refractivity contribution is -0.118. The SMILES string of the molecule is N#CC1=CNC(C(=O)Nc2cccnc2C2=CCCCC2)N1. The van der Waals surface area contributed by atoms with E-state index >= 15 is 0 Å². The Morgan fingerprint density at radius 2 is 2.36 bits per heavy atom. The maximum absolute atomic E-state index is 12.3. The first-order chi connectivity index (χ1) is 10.8. The first kappa shape index (κ1) is 14.1. The molecule has 1 aromatic rings. The number of hydrogen-bond donors (Lipinski definition) is 3. The maximum atomic E-state index is 12.3. The number of aromatic nitrogens is 1. The van der Waals surface area contributed by atoms with Crippen LogP contribution in [0.15, 0.2) is 36.3 Å². The van der Waals surface area contributed by atoms with Crippen LogP contribution in [0.1, 0.15) is 31.4 Å². The minimum Gasteiger partial charge on any atom is -0.361 e. The molecule has 0 radical (unpaired) electrons. The van der Waals surface area contributed by atoms with Gasteiger partial charge in [-0.1, -0.05) is 6.08 Å². The van der Waals surface area contributed by atoms with Gasteiger partial charge in [-0.3, -0.25) is 9.78 Å². The first-order valence-electron chi connectivity index (χ1n) is 7.36. The summed E-state index contributed by atoms with van der Waals surface area (Å²) in [5, 5.41) is 17.3. The number of carbonyl (C=O) groups is 1. The largest absolute Gasteiger partial charge is 0.361 e. The zero-order chi connectivity index (χ0) is 15.4. The fourth-order valence-corrected chi connectivity index (χ4v) is 2.63. The fraction of sp³-hybridized carbons (Fsp3) is 0.312. The average molecular weight is 295 g/mol. The van der Waals surface area contributed by atoms with Crippen molar-refractivity contribution in [2.24, 2.45) is 0 Å². The summed E-state index contributed by atoms with van der Waals surface area (Å²) in [7, 11) is 0. The van der Waals surface area contributed by atoms with Crippen molar-refractivity contribution in [3.05, 3.63) is 42.0 Å². The quantitative estimate of drug-likeness (QED) is 0.792. The molecule has 0 aromatic carbocycles. The van der Waals surface area contributed by atoms with Crippen LogP contribution in [0, 0.1) is 11.3 Å². The van der Waals surface area contributed by atoms with Crippen molar-refractivity contribution in [1.29, 1.82) is 5.26 Å². The van der Waals surface area contributed by atoms with Crippen LogP contribution in [0.5, 0.6) is 0 Å². The predicted octanol–water partition coefficient (Wildman–Crippen LogP) is 1.86. The molecule has 112 valence electrons. The number of pyridine rings is 1. The van der Waals surface area contributed by atoms with E-state index in [1.807, 2.05) is 12.1 Å². The van der Waals surface area contributed by atoms with Crippen LogP contribution in [-0.4, -0.2) is 17.1 Å². The van der Waals surface area contributed by atoms with Crippen molar-refractivity contribution < 1.29 is 4.79 Å². The molecule has 0 saturated carbocycles. The second-order valence-corrected chi connectivity index (χ2v) is 5.28. The average Bonchev–Trinajstić information content (AvgIpc) is 3.05. The highest BCUT2D eigenvalue weighted by Crippen LogP contribution is 2.29. The van der Waals surface area contributed by atoms with Gasteiger partial charge in [0, 0.05) is 12.4 Å². The monoisotopic (exact) mass is 295 g/mol. The zero-order valence-electron chi connectivity index (χ0n) is 12.1. The number of nitrogens with zero attached hydrogens (tertiary/aromatic N) is 2. The molecule has 1 atom stereocenters. The summed E-state index contributed by atoms with van der Waals surface area (Å²) in [5.74, 6) is -0.243. The molecule has 6 nitrogen and oxygen atoms in total. The maximum Gasteiger partial charge on any atom is 0.267 e. The van der Waals surface area contributed by atoms with Crippen molar-refractivity contribution in [1.82, 2.24) is 15.6 Å². The normalized spacial score (nSPS) is 20.0. The molecule has 0 spiro atoms. The lowest BCUT2D eigenvalue weighted by atomic mass is 9.96. The number of amides is 1. The van der Waals surface area contributed by atoms with Gasteiger partial charge in [-0.05, 0) is 43.4 Å². The summed E-state index contributed by atoms with van der Waals surface area (Å²) in [5.41, 5.74) is 3.07. The second-order valence-electron chi connectivity index (χ2n) is 5.28. The minimum absolute atomic E-state index is 0.243. The molecular weight excluding hydrogens is 278 g/mol. The van der Waals surface area contributed by atoms with Gasteiger partial charge in [-0.25, -0.2) is 0 Å². The van der Waals surface area contributed by atoms with Crippen molar-refractivity contribution in [3.8, 4) is 6.07 Å². The van der Waals surface area contributed by atoms with Crippen LogP contribution in [0.3, 0.4) is 0 Å². The Kier molecular flexibility index (Phi) is 4.05. The first-order valence-corrected chi connectivity index (χ1v) is 7.36. The minimum atomic E-state index is -0.636. The molecule has 0 saturated heterocycles. The molecule has 1 unspecified atom stereocenters. The Morgan fingerprint density at radius 1 is 1.45 bits per heavy atom. The van der Waals surface area contributed by atoms with E-state index in [1.165, 1.54) is 18.2 Å². The van der Waals surface area contributed by atoms with Crippen molar-refractivity contribution >= 4 is 17.2 Å². The van der Waals surface area contributed by atoms with Crippen LogP contribution >= 0.6 is 0 Å². The molecule has 2 aliphatic rings. The van der Waals surface area contributed by atoms with Crippen molar-refractivity contribution in [3.63, 3.8) is 0 Å². The third-order valence-electron chi connectivity index (χ3n) is 3.74. The molecular formula is C16H17N5O. The third kappa shape index (κ3) is 2.93. The summed E-state index contributed by atoms with van der Waals surface area (Å²) in [6.45, 7) is 0. The van der Waals surface area contributed by atoms with Crippen molar-refractivity contribution in [2.75, 3.05) is 5.32 Å². The van der Waals surface area contributed by atoms with Crippen LogP contribution in [0.25, 0.3) is 5.57 Å². The second kappa shape index (κ2) is 6.31. The third-order valence-corrected chi connectivity index (χ3v) is 3.74. The molecule has 1 amide bonds. The van der Waals surface area contributed by atoms with Gasteiger partial charge in [0.05, 0.1) is 11.4 Å². The topological polar surface area (TPSA) is 89.8 Å². The fourth-order valence-electron chi connectivity index (χ4n) is 2.63. The summed E-state index contributed by atoms with van der Waals surface area (Å²) < 4.78 is 0. The van der Waals surface area contributed by atoms with Gasteiger partial charge in [0.15, 0.2) is 6.17 Å². The van der Waals surface area contributed by atoms with Crippen LogP contribution in [0.2, 0.25) is 0 Å². The van der Waals surface area contributed by atoms with E-state index in [0.29, 0.717) is 11.4 Å². The Hall–Kier alpha value is -2.81. The highest BCUT2D eigenvalue weighted by Gasteiger charge is 2.23. The van der Waals surface area contributed by atoms with Gasteiger partial charge in [0.2, 0.25) is 0 Å². The molecule has 1 aliphatic heterocycles. The number of rotatable bonds is 3. The summed E-state index contributed by atoms with van der Waals surface area (Å²) in [6, 6.07) is 5.61. The summed E-state index contributed by atoms with van der Waals surface area (Å²) >= 11 is 0. The van der Waals surface area contributed by atoms with E-state index in [4.69, 9.17) is 5.26 Å². The molecule has 1 aromatic heterocycles. The highest BCUT2D eigenvalue weighted by atomic mass is 16.2. The van der Waals surface area contributed by atoms with E-state index in [0.717, 1.165) is 25.0 Å². The van der Waals surface area contributed by atoms with E-state index in [2.05, 4.69) is 27.0 Å². The number of hydrogen-bond acceptors (Lipinski definition) is 5. The van der Waals surface area contributed by atoms with Gasteiger partial charge in [0.25, 0.3) is 5.91 Å². The standard InChI is InChI=1S/C16H17N5O/c17-9-12-10-19-15(20-12)16(22)21-13-7-4-8-18-14(13)11-5-2-1-3-6-11/h4-5,7-8,10,15,19-20H,1-3,6H2,(H,21,22). The van der Waals surface area contributed by atoms with Crippen LogP contribution < -0.4 is 16.0 Å². The smallest absolute Gasteiger partial charge is 0.267 e. The number of allylic oxidation sites excluding steroid dienone is 3. The van der Waals surface area contributed by atoms with E-state index < -0.39 is 6.17 Å². The molecule has 3 rings (SSSR count).